The molecule has 0 radical (unpaired) electrons. The predicted octanol–water partition coefficient (Wildman–Crippen LogP) is 3.45. The standard InChI is InChI=1S/C16H21NO3/c1-5-6-7-12-10-14(19-4)15-13(8-9-17(15)3)16(12)20-11(2)18/h8-10H,5-7H2,1-4H3. The molecule has 0 fully saturated rings. The van der Waals surface area contributed by atoms with Crippen molar-refractivity contribution in [2.45, 2.75) is 33.1 Å². The predicted molar refractivity (Wildman–Crippen MR) is 79.4 cm³/mol. The Morgan fingerprint density at radius 3 is 2.75 bits per heavy atom. The Kier molecular flexibility index (Phi) is 4.32. The number of nitrogens with zero attached hydrogens (tertiary/aromatic N) is 1. The molecule has 1 heterocycles. The number of aryl methyl sites for hydroxylation is 2. The molecule has 0 amide bonds. The Morgan fingerprint density at radius 2 is 2.15 bits per heavy atom. The van der Waals surface area contributed by atoms with E-state index in [9.17, 15) is 4.79 Å². The molecule has 1 aromatic heterocycles. The van der Waals surface area contributed by atoms with Crippen molar-refractivity contribution in [1.29, 1.82) is 0 Å². The second-order valence-corrected chi connectivity index (χ2v) is 4.95. The summed E-state index contributed by atoms with van der Waals surface area (Å²) in [6.07, 6.45) is 4.97. The van der Waals surface area contributed by atoms with Gasteiger partial charge in [-0.3, -0.25) is 4.79 Å². The number of carbonyl (C=O) groups excluding carboxylic acids is 1. The number of carbonyl (C=O) groups is 1. The van der Waals surface area contributed by atoms with E-state index in [-0.39, 0.29) is 5.97 Å². The summed E-state index contributed by atoms with van der Waals surface area (Å²) in [5.74, 6) is 1.19. The normalized spacial score (nSPS) is 10.8. The van der Waals surface area contributed by atoms with Gasteiger partial charge < -0.3 is 14.0 Å². The van der Waals surface area contributed by atoms with Crippen LogP contribution >= 0.6 is 0 Å². The second kappa shape index (κ2) is 5.99. The largest absolute Gasteiger partial charge is 0.495 e. The molecule has 0 N–H and O–H groups in total. The number of hydrogen-bond acceptors (Lipinski definition) is 3. The molecular weight excluding hydrogens is 254 g/mol. The molecule has 0 aliphatic heterocycles. The summed E-state index contributed by atoms with van der Waals surface area (Å²) in [7, 11) is 3.62. The Bertz CT molecular complexity index is 628. The van der Waals surface area contributed by atoms with Gasteiger partial charge in [0.25, 0.3) is 0 Å². The molecule has 0 spiro atoms. The minimum Gasteiger partial charge on any atom is -0.495 e. The third kappa shape index (κ3) is 2.64. The Labute approximate surface area is 119 Å². The minimum absolute atomic E-state index is 0.293. The van der Waals surface area contributed by atoms with Gasteiger partial charge in [0, 0.05) is 25.6 Å². The van der Waals surface area contributed by atoms with Crippen LogP contribution in [0.5, 0.6) is 11.5 Å². The van der Waals surface area contributed by atoms with Crippen molar-refractivity contribution in [3.05, 3.63) is 23.9 Å². The highest BCUT2D eigenvalue weighted by atomic mass is 16.5. The molecule has 0 atom stereocenters. The summed E-state index contributed by atoms with van der Waals surface area (Å²) in [5.41, 5.74) is 1.97. The summed E-state index contributed by atoms with van der Waals surface area (Å²) < 4.78 is 12.9. The van der Waals surface area contributed by atoms with E-state index in [4.69, 9.17) is 9.47 Å². The first-order valence-corrected chi connectivity index (χ1v) is 6.91. The zero-order valence-corrected chi connectivity index (χ0v) is 12.5. The van der Waals surface area contributed by atoms with Gasteiger partial charge in [-0.25, -0.2) is 0 Å². The van der Waals surface area contributed by atoms with E-state index in [1.54, 1.807) is 7.11 Å². The lowest BCUT2D eigenvalue weighted by atomic mass is 10.0. The fraction of sp³-hybridized carbons (Fsp3) is 0.438. The smallest absolute Gasteiger partial charge is 0.308 e. The topological polar surface area (TPSA) is 40.5 Å². The Balaban J connectivity index is 2.65. The molecule has 20 heavy (non-hydrogen) atoms. The second-order valence-electron chi connectivity index (χ2n) is 4.95. The number of hydrogen-bond donors (Lipinski definition) is 0. The highest BCUT2D eigenvalue weighted by Gasteiger charge is 2.17. The number of benzene rings is 1. The third-order valence-electron chi connectivity index (χ3n) is 3.41. The van der Waals surface area contributed by atoms with Gasteiger partial charge in [-0.1, -0.05) is 13.3 Å². The van der Waals surface area contributed by atoms with E-state index >= 15 is 0 Å². The highest BCUT2D eigenvalue weighted by molar-refractivity contribution is 5.94. The van der Waals surface area contributed by atoms with E-state index < -0.39 is 0 Å². The van der Waals surface area contributed by atoms with Gasteiger partial charge in [-0.2, -0.15) is 0 Å². The van der Waals surface area contributed by atoms with E-state index in [0.717, 1.165) is 41.5 Å². The fourth-order valence-electron chi connectivity index (χ4n) is 2.46. The summed E-state index contributed by atoms with van der Waals surface area (Å²) in [6.45, 7) is 3.58. The zero-order chi connectivity index (χ0) is 14.7. The summed E-state index contributed by atoms with van der Waals surface area (Å²) >= 11 is 0. The van der Waals surface area contributed by atoms with Gasteiger partial charge in [-0.05, 0) is 30.5 Å². The maximum absolute atomic E-state index is 11.4. The van der Waals surface area contributed by atoms with E-state index in [2.05, 4.69) is 6.92 Å². The van der Waals surface area contributed by atoms with Crippen molar-refractivity contribution in [2.75, 3.05) is 7.11 Å². The highest BCUT2D eigenvalue weighted by Crippen LogP contribution is 2.38. The third-order valence-corrected chi connectivity index (χ3v) is 3.41. The van der Waals surface area contributed by atoms with Crippen molar-refractivity contribution in [3.63, 3.8) is 0 Å². The lowest BCUT2D eigenvalue weighted by Crippen LogP contribution is -2.05. The van der Waals surface area contributed by atoms with Crippen LogP contribution < -0.4 is 9.47 Å². The fourth-order valence-corrected chi connectivity index (χ4v) is 2.46. The van der Waals surface area contributed by atoms with Crippen LogP contribution in [-0.4, -0.2) is 17.6 Å². The number of esters is 1. The quantitative estimate of drug-likeness (QED) is 0.620. The van der Waals surface area contributed by atoms with E-state index in [0.29, 0.717) is 5.75 Å². The maximum Gasteiger partial charge on any atom is 0.308 e. The molecular formula is C16H21NO3. The minimum atomic E-state index is -0.293. The molecule has 108 valence electrons. The number of unbranched alkanes of at least 4 members (excludes halogenated alkanes) is 1. The molecule has 0 aliphatic carbocycles. The van der Waals surface area contributed by atoms with Crippen molar-refractivity contribution >= 4 is 16.9 Å². The van der Waals surface area contributed by atoms with Gasteiger partial charge in [0.1, 0.15) is 11.5 Å². The number of methoxy groups -OCH3 is 1. The molecule has 4 heteroatoms. The molecule has 0 saturated heterocycles. The van der Waals surface area contributed by atoms with Crippen molar-refractivity contribution < 1.29 is 14.3 Å². The first kappa shape index (κ1) is 14.4. The van der Waals surface area contributed by atoms with Crippen LogP contribution in [0.15, 0.2) is 18.3 Å². The van der Waals surface area contributed by atoms with E-state index in [1.807, 2.05) is 29.9 Å². The summed E-state index contributed by atoms with van der Waals surface area (Å²) in [6, 6.07) is 3.95. The number of fused-ring (bicyclic) bond motifs is 1. The van der Waals surface area contributed by atoms with Crippen LogP contribution in [-0.2, 0) is 18.3 Å². The van der Waals surface area contributed by atoms with Gasteiger partial charge >= 0.3 is 5.97 Å². The van der Waals surface area contributed by atoms with Crippen LogP contribution in [0.25, 0.3) is 10.9 Å². The maximum atomic E-state index is 11.4. The molecule has 0 bridgehead atoms. The van der Waals surface area contributed by atoms with Crippen LogP contribution in [0.1, 0.15) is 32.3 Å². The number of aromatic nitrogens is 1. The molecule has 0 unspecified atom stereocenters. The lowest BCUT2D eigenvalue weighted by molar-refractivity contribution is -0.131. The summed E-state index contributed by atoms with van der Waals surface area (Å²) in [5, 5.41) is 0.924. The SMILES string of the molecule is CCCCc1cc(OC)c2c(ccn2C)c1OC(C)=O. The van der Waals surface area contributed by atoms with Crippen LogP contribution in [0.4, 0.5) is 0 Å². The average molecular weight is 275 g/mol. The van der Waals surface area contributed by atoms with Crippen LogP contribution in [0.2, 0.25) is 0 Å². The van der Waals surface area contributed by atoms with Crippen LogP contribution in [0.3, 0.4) is 0 Å². The van der Waals surface area contributed by atoms with Crippen molar-refractivity contribution in [1.82, 2.24) is 4.57 Å². The van der Waals surface area contributed by atoms with Crippen molar-refractivity contribution in [3.8, 4) is 11.5 Å². The number of rotatable bonds is 5. The molecule has 4 nitrogen and oxygen atoms in total. The molecule has 1 aromatic carbocycles. The first-order valence-electron chi connectivity index (χ1n) is 6.91. The number of ether oxygens (including phenoxy) is 2. The first-order chi connectivity index (χ1) is 9.58. The van der Waals surface area contributed by atoms with Gasteiger partial charge in [0.15, 0.2) is 0 Å². The summed E-state index contributed by atoms with van der Waals surface area (Å²) in [4.78, 5) is 11.4. The monoisotopic (exact) mass is 275 g/mol. The average Bonchev–Trinajstić information content (AvgIpc) is 2.80. The molecule has 0 saturated carbocycles. The van der Waals surface area contributed by atoms with Gasteiger partial charge in [0.05, 0.1) is 12.6 Å². The zero-order valence-electron chi connectivity index (χ0n) is 12.5. The molecule has 2 rings (SSSR count). The molecule has 0 aliphatic rings. The van der Waals surface area contributed by atoms with Gasteiger partial charge in [-0.15, -0.1) is 0 Å². The van der Waals surface area contributed by atoms with Gasteiger partial charge in [0.2, 0.25) is 0 Å². The van der Waals surface area contributed by atoms with Crippen molar-refractivity contribution in [2.24, 2.45) is 7.05 Å². The lowest BCUT2D eigenvalue weighted by Gasteiger charge is -2.14. The Hall–Kier alpha value is -1.97. The van der Waals surface area contributed by atoms with E-state index in [1.165, 1.54) is 6.92 Å². The van der Waals surface area contributed by atoms with Crippen LogP contribution in [0, 0.1) is 0 Å². The molecule has 2 aromatic rings. The Morgan fingerprint density at radius 1 is 1.40 bits per heavy atom.